The van der Waals surface area contributed by atoms with Crippen LogP contribution in [0.5, 0.6) is 0 Å². The Morgan fingerprint density at radius 3 is 2.42 bits per heavy atom. The fourth-order valence-electron chi connectivity index (χ4n) is 2.40. The Balaban J connectivity index is 0.000000243. The highest BCUT2D eigenvalue weighted by molar-refractivity contribution is 5.77. The second-order valence-electron chi connectivity index (χ2n) is 7.50. The lowest BCUT2D eigenvalue weighted by Crippen LogP contribution is -2.32. The van der Waals surface area contributed by atoms with Gasteiger partial charge in [0.1, 0.15) is 0 Å². The third-order valence-corrected chi connectivity index (χ3v) is 3.71. The van der Waals surface area contributed by atoms with Gasteiger partial charge in [0.15, 0.2) is 0 Å². The number of hydrogen-bond donors (Lipinski definition) is 2. The van der Waals surface area contributed by atoms with Crippen LogP contribution in [0.15, 0.2) is 24.3 Å². The van der Waals surface area contributed by atoms with E-state index in [1.165, 1.54) is 5.56 Å². The largest absolute Gasteiger partial charge is 0.391 e. The van der Waals surface area contributed by atoms with Gasteiger partial charge in [0.25, 0.3) is 0 Å². The quantitative estimate of drug-likeness (QED) is 0.830. The fourth-order valence-corrected chi connectivity index (χ4v) is 2.40. The molecule has 5 heteroatoms. The zero-order valence-electron chi connectivity index (χ0n) is 15.2. The first-order valence-corrected chi connectivity index (χ1v) is 8.39. The predicted molar refractivity (Wildman–Crippen MR) is 95.4 cm³/mol. The zero-order chi connectivity index (χ0) is 18.2. The molecule has 1 unspecified atom stereocenters. The van der Waals surface area contributed by atoms with Crippen LogP contribution in [0.25, 0.3) is 0 Å². The number of benzene rings is 1. The molecule has 134 valence electrons. The summed E-state index contributed by atoms with van der Waals surface area (Å²) < 4.78 is 0. The highest BCUT2D eigenvalue weighted by Gasteiger charge is 2.27. The van der Waals surface area contributed by atoms with Crippen LogP contribution in [0.4, 0.5) is 0 Å². The van der Waals surface area contributed by atoms with Crippen molar-refractivity contribution in [1.29, 1.82) is 0 Å². The van der Waals surface area contributed by atoms with Gasteiger partial charge in [0.2, 0.25) is 12.3 Å². The van der Waals surface area contributed by atoms with E-state index in [2.05, 4.69) is 26.1 Å². The van der Waals surface area contributed by atoms with Crippen LogP contribution in [0, 0.1) is 12.3 Å². The van der Waals surface area contributed by atoms with Gasteiger partial charge in [-0.3, -0.25) is 9.59 Å². The Bertz CT molecular complexity index is 520. The lowest BCUT2D eigenvalue weighted by atomic mass is 9.92. The number of nitrogens with zero attached hydrogens (tertiary/aromatic N) is 1. The average Bonchev–Trinajstić information content (AvgIpc) is 2.92. The molecule has 1 aromatic carbocycles. The summed E-state index contributed by atoms with van der Waals surface area (Å²) in [5.74, 6) is 0.170. The molecule has 1 saturated heterocycles. The first-order valence-electron chi connectivity index (χ1n) is 8.39. The van der Waals surface area contributed by atoms with E-state index in [-0.39, 0.29) is 17.4 Å². The molecule has 0 spiro atoms. The van der Waals surface area contributed by atoms with Gasteiger partial charge in [-0.2, -0.15) is 0 Å². The van der Waals surface area contributed by atoms with Gasteiger partial charge in [-0.15, -0.1) is 0 Å². The highest BCUT2D eigenvalue weighted by Crippen LogP contribution is 2.21. The molecular formula is C19H30N2O3. The van der Waals surface area contributed by atoms with E-state index >= 15 is 0 Å². The molecule has 1 aromatic rings. The number of amides is 2. The van der Waals surface area contributed by atoms with Crippen molar-refractivity contribution in [2.75, 3.05) is 13.1 Å². The molecule has 2 rings (SSSR count). The molecular weight excluding hydrogens is 304 g/mol. The van der Waals surface area contributed by atoms with Crippen molar-refractivity contribution >= 4 is 12.3 Å². The minimum absolute atomic E-state index is 0.0463. The Labute approximate surface area is 145 Å². The molecule has 1 fully saturated rings. The van der Waals surface area contributed by atoms with Crippen molar-refractivity contribution in [1.82, 2.24) is 10.2 Å². The van der Waals surface area contributed by atoms with Crippen molar-refractivity contribution in [2.24, 2.45) is 5.41 Å². The minimum atomic E-state index is -0.302. The van der Waals surface area contributed by atoms with Gasteiger partial charge in [-0.05, 0) is 24.3 Å². The van der Waals surface area contributed by atoms with E-state index < -0.39 is 0 Å². The summed E-state index contributed by atoms with van der Waals surface area (Å²) in [7, 11) is 0. The molecule has 1 aliphatic rings. The first-order chi connectivity index (χ1) is 11.2. The Kier molecular flexibility index (Phi) is 7.92. The molecule has 1 atom stereocenters. The summed E-state index contributed by atoms with van der Waals surface area (Å²) >= 11 is 0. The van der Waals surface area contributed by atoms with Gasteiger partial charge < -0.3 is 15.3 Å². The number of likely N-dealkylation sites (tertiary alicyclic amines) is 1. The van der Waals surface area contributed by atoms with E-state index in [1.54, 1.807) is 4.90 Å². The molecule has 0 aliphatic carbocycles. The van der Waals surface area contributed by atoms with E-state index in [1.807, 2.05) is 31.2 Å². The van der Waals surface area contributed by atoms with Crippen molar-refractivity contribution < 1.29 is 14.7 Å². The number of β-amino-alcohol motifs (C(OH)–C–C–N with tert-alkyl or cyclic N) is 1. The van der Waals surface area contributed by atoms with Crippen LogP contribution < -0.4 is 5.32 Å². The molecule has 1 heterocycles. The number of carbonyl (C=O) groups is 2. The number of aliphatic hydroxyl groups excluding tert-OH is 1. The van der Waals surface area contributed by atoms with Gasteiger partial charge in [-0.1, -0.05) is 50.6 Å². The monoisotopic (exact) mass is 334 g/mol. The summed E-state index contributed by atoms with van der Waals surface area (Å²) in [5, 5.41) is 11.9. The molecule has 24 heavy (non-hydrogen) atoms. The minimum Gasteiger partial charge on any atom is -0.391 e. The number of hydrogen-bond acceptors (Lipinski definition) is 3. The average molecular weight is 334 g/mol. The summed E-state index contributed by atoms with van der Waals surface area (Å²) in [6.45, 7) is 10.1. The molecule has 1 aliphatic heterocycles. The zero-order valence-corrected chi connectivity index (χ0v) is 15.2. The number of nitrogens with one attached hydrogen (secondary N) is 1. The normalized spacial score (nSPS) is 17.0. The van der Waals surface area contributed by atoms with E-state index in [9.17, 15) is 14.7 Å². The Morgan fingerprint density at radius 2 is 1.96 bits per heavy atom. The van der Waals surface area contributed by atoms with Gasteiger partial charge in [-0.25, -0.2) is 0 Å². The lowest BCUT2D eigenvalue weighted by molar-refractivity contribution is -0.132. The molecule has 2 N–H and O–H groups in total. The molecule has 0 radical (unpaired) electrons. The maximum absolute atomic E-state index is 11.6. The van der Waals surface area contributed by atoms with Crippen LogP contribution in [0.3, 0.4) is 0 Å². The smallest absolute Gasteiger partial charge is 0.223 e. The second-order valence-corrected chi connectivity index (χ2v) is 7.50. The SMILES string of the molecule is CC(C)(C)CC(=O)N1CCC(O)C1.Cc1ccc(CNC=O)cc1. The van der Waals surface area contributed by atoms with Crippen LogP contribution in [0.2, 0.25) is 0 Å². The highest BCUT2D eigenvalue weighted by atomic mass is 16.3. The van der Waals surface area contributed by atoms with Gasteiger partial charge in [0, 0.05) is 26.1 Å². The third kappa shape index (κ3) is 8.11. The maximum Gasteiger partial charge on any atom is 0.223 e. The van der Waals surface area contributed by atoms with Crippen LogP contribution in [-0.4, -0.2) is 41.5 Å². The van der Waals surface area contributed by atoms with Crippen molar-refractivity contribution in [3.63, 3.8) is 0 Å². The molecule has 2 amide bonds. The molecule has 0 saturated carbocycles. The third-order valence-electron chi connectivity index (χ3n) is 3.71. The number of aliphatic hydroxyl groups is 1. The fraction of sp³-hybridized carbons (Fsp3) is 0.579. The summed E-state index contributed by atoms with van der Waals surface area (Å²) in [4.78, 5) is 23.3. The summed E-state index contributed by atoms with van der Waals surface area (Å²) in [6.07, 6.45) is 1.71. The van der Waals surface area contributed by atoms with Gasteiger partial charge >= 0.3 is 0 Å². The first kappa shape index (κ1) is 20.2. The second kappa shape index (κ2) is 9.42. The van der Waals surface area contributed by atoms with E-state index in [4.69, 9.17) is 0 Å². The maximum atomic E-state index is 11.6. The molecule has 5 nitrogen and oxygen atoms in total. The van der Waals surface area contributed by atoms with Crippen LogP contribution >= 0.6 is 0 Å². The number of aryl methyl sites for hydroxylation is 1. The van der Waals surface area contributed by atoms with Crippen LogP contribution in [0.1, 0.15) is 44.7 Å². The summed E-state index contributed by atoms with van der Waals surface area (Å²) in [5.41, 5.74) is 2.41. The molecule has 0 aromatic heterocycles. The van der Waals surface area contributed by atoms with Crippen molar-refractivity contribution in [3.05, 3.63) is 35.4 Å². The van der Waals surface area contributed by atoms with Gasteiger partial charge in [0.05, 0.1) is 6.10 Å². The Hall–Kier alpha value is -1.88. The predicted octanol–water partition coefficient (Wildman–Crippen LogP) is 2.26. The number of rotatable bonds is 4. The standard InChI is InChI=1S/C10H19NO2.C9H11NO/c1-10(2,3)6-9(13)11-5-4-8(12)7-11;1-8-2-4-9(5-3-8)6-10-7-11/h8,12H,4-7H2,1-3H3;2-5,7H,6H2,1H3,(H,10,11). The van der Waals surface area contributed by atoms with Crippen molar-refractivity contribution in [3.8, 4) is 0 Å². The lowest BCUT2D eigenvalue weighted by Gasteiger charge is -2.22. The summed E-state index contributed by atoms with van der Waals surface area (Å²) in [6, 6.07) is 8.07. The molecule has 0 bridgehead atoms. The van der Waals surface area contributed by atoms with Crippen molar-refractivity contribution in [2.45, 2.75) is 53.2 Å². The van der Waals surface area contributed by atoms with E-state index in [0.29, 0.717) is 25.9 Å². The van der Waals surface area contributed by atoms with E-state index in [0.717, 1.165) is 18.5 Å². The topological polar surface area (TPSA) is 69.6 Å². The van der Waals surface area contributed by atoms with Crippen LogP contribution in [-0.2, 0) is 16.1 Å². The Morgan fingerprint density at radius 1 is 1.33 bits per heavy atom. The number of carbonyl (C=O) groups excluding carboxylic acids is 2.